The number of carbonyl (C=O) groups excluding carboxylic acids is 3. The number of likely N-dealkylation sites (tertiary alicyclic amines) is 2. The first kappa shape index (κ1) is 22.9. The Kier molecular flexibility index (Phi) is 6.44. The lowest BCUT2D eigenvalue weighted by atomic mass is 9.78. The highest BCUT2D eigenvalue weighted by Gasteiger charge is 2.42. The number of rotatable bonds is 4. The number of carbonyl (C=O) groups is 3. The number of hydrogen-bond acceptors (Lipinski definition) is 4. The smallest absolute Gasteiger partial charge is 0.321 e. The molecule has 2 fully saturated rings. The van der Waals surface area contributed by atoms with Gasteiger partial charge in [-0.2, -0.15) is 0 Å². The van der Waals surface area contributed by atoms with Gasteiger partial charge in [0.05, 0.1) is 12.8 Å². The topological polar surface area (TPSA) is 94.9 Å². The summed E-state index contributed by atoms with van der Waals surface area (Å²) in [5.41, 5.74) is 4.36. The zero-order chi connectivity index (χ0) is 23.6. The van der Waals surface area contributed by atoms with Crippen molar-refractivity contribution >= 4 is 23.5 Å². The molecule has 0 unspecified atom stereocenters. The van der Waals surface area contributed by atoms with E-state index in [1.165, 1.54) is 11.8 Å². The van der Waals surface area contributed by atoms with Gasteiger partial charge < -0.3 is 24.9 Å². The van der Waals surface area contributed by atoms with Gasteiger partial charge in [0.15, 0.2) is 5.76 Å². The van der Waals surface area contributed by atoms with Gasteiger partial charge in [0.1, 0.15) is 0 Å². The van der Waals surface area contributed by atoms with E-state index in [0.29, 0.717) is 19.6 Å². The summed E-state index contributed by atoms with van der Waals surface area (Å²) in [6, 6.07) is 7.27. The molecule has 0 radical (unpaired) electrons. The second-order valence-electron chi connectivity index (χ2n) is 9.39. The fourth-order valence-electron chi connectivity index (χ4n) is 4.80. The lowest BCUT2D eigenvalue weighted by Crippen LogP contribution is -2.48. The van der Waals surface area contributed by atoms with Crippen LogP contribution in [0, 0.1) is 26.2 Å². The van der Waals surface area contributed by atoms with Crippen molar-refractivity contribution in [2.75, 3.05) is 38.0 Å². The van der Waals surface area contributed by atoms with Gasteiger partial charge in [-0.05, 0) is 80.3 Å². The van der Waals surface area contributed by atoms with E-state index in [4.69, 9.17) is 4.42 Å². The van der Waals surface area contributed by atoms with E-state index in [1.54, 1.807) is 17.0 Å². The standard InChI is InChI=1S/C25H32N4O4/c1-17-13-19(3)20(14-18(17)2)27-24(32)29-11-8-25(16-29)6-9-28(10-7-25)22(30)15-26-23(31)21-5-4-12-33-21/h4-5,12-14H,6-11,15-16H2,1-3H3,(H,26,31)(H,27,32). The highest BCUT2D eigenvalue weighted by Crippen LogP contribution is 2.40. The average molecular weight is 453 g/mol. The van der Waals surface area contributed by atoms with Crippen molar-refractivity contribution in [2.24, 2.45) is 5.41 Å². The minimum Gasteiger partial charge on any atom is -0.459 e. The van der Waals surface area contributed by atoms with Crippen molar-refractivity contribution in [1.82, 2.24) is 15.1 Å². The Morgan fingerprint density at radius 3 is 2.30 bits per heavy atom. The number of nitrogens with zero attached hydrogens (tertiary/aromatic N) is 2. The second kappa shape index (κ2) is 9.29. The Balaban J connectivity index is 1.26. The monoisotopic (exact) mass is 452 g/mol. The fraction of sp³-hybridized carbons (Fsp3) is 0.480. The predicted octanol–water partition coefficient (Wildman–Crippen LogP) is 3.48. The van der Waals surface area contributed by atoms with Crippen LogP contribution in [0.25, 0.3) is 0 Å². The van der Waals surface area contributed by atoms with Crippen LogP contribution in [0.5, 0.6) is 0 Å². The number of urea groups is 1. The minimum atomic E-state index is -0.390. The first-order valence-corrected chi connectivity index (χ1v) is 11.5. The maximum atomic E-state index is 12.9. The maximum Gasteiger partial charge on any atom is 0.321 e. The van der Waals surface area contributed by atoms with Gasteiger partial charge in [-0.15, -0.1) is 0 Å². The molecule has 1 aromatic carbocycles. The lowest BCUT2D eigenvalue weighted by Gasteiger charge is -2.39. The first-order chi connectivity index (χ1) is 15.8. The molecule has 8 heteroatoms. The molecule has 3 heterocycles. The summed E-state index contributed by atoms with van der Waals surface area (Å²) >= 11 is 0. The number of amides is 4. The molecule has 176 valence electrons. The van der Waals surface area contributed by atoms with Gasteiger partial charge in [-0.25, -0.2) is 4.79 Å². The summed E-state index contributed by atoms with van der Waals surface area (Å²) < 4.78 is 5.05. The highest BCUT2D eigenvalue weighted by molar-refractivity contribution is 5.94. The molecule has 1 aromatic heterocycles. The largest absolute Gasteiger partial charge is 0.459 e. The Morgan fingerprint density at radius 2 is 1.64 bits per heavy atom. The van der Waals surface area contributed by atoms with E-state index in [1.807, 2.05) is 24.8 Å². The molecule has 2 saturated heterocycles. The minimum absolute atomic E-state index is 0.0453. The van der Waals surface area contributed by atoms with Gasteiger partial charge >= 0.3 is 6.03 Å². The highest BCUT2D eigenvalue weighted by atomic mass is 16.3. The predicted molar refractivity (Wildman–Crippen MR) is 125 cm³/mol. The molecular weight excluding hydrogens is 420 g/mol. The van der Waals surface area contributed by atoms with E-state index < -0.39 is 5.91 Å². The summed E-state index contributed by atoms with van der Waals surface area (Å²) in [7, 11) is 0. The summed E-state index contributed by atoms with van der Waals surface area (Å²) in [6.45, 7) is 8.80. The molecule has 2 aliphatic heterocycles. The van der Waals surface area contributed by atoms with Gasteiger partial charge in [-0.1, -0.05) is 6.07 Å². The van der Waals surface area contributed by atoms with Crippen LogP contribution in [0.15, 0.2) is 34.9 Å². The van der Waals surface area contributed by atoms with Crippen molar-refractivity contribution in [2.45, 2.75) is 40.0 Å². The number of hydrogen-bond donors (Lipinski definition) is 2. The number of nitrogens with one attached hydrogen (secondary N) is 2. The summed E-state index contributed by atoms with van der Waals surface area (Å²) in [5, 5.41) is 5.70. The van der Waals surface area contributed by atoms with E-state index in [2.05, 4.69) is 23.6 Å². The van der Waals surface area contributed by atoms with Crippen molar-refractivity contribution in [3.05, 3.63) is 53.0 Å². The molecular formula is C25H32N4O4. The molecule has 0 atom stereocenters. The molecule has 0 bridgehead atoms. The van der Waals surface area contributed by atoms with E-state index >= 15 is 0 Å². The molecule has 4 rings (SSSR count). The van der Waals surface area contributed by atoms with E-state index in [-0.39, 0.29) is 29.7 Å². The Hall–Kier alpha value is -3.29. The second-order valence-corrected chi connectivity index (χ2v) is 9.39. The molecule has 8 nitrogen and oxygen atoms in total. The third-order valence-electron chi connectivity index (χ3n) is 7.13. The summed E-state index contributed by atoms with van der Waals surface area (Å²) in [6.07, 6.45) is 4.09. The molecule has 0 saturated carbocycles. The van der Waals surface area contributed by atoms with E-state index in [0.717, 1.165) is 42.6 Å². The number of benzene rings is 1. The van der Waals surface area contributed by atoms with Gasteiger partial charge in [0, 0.05) is 31.9 Å². The van der Waals surface area contributed by atoms with Crippen LogP contribution in [0.4, 0.5) is 10.5 Å². The summed E-state index contributed by atoms with van der Waals surface area (Å²) in [5.74, 6) is -0.290. The molecule has 2 aliphatic rings. The molecule has 2 aromatic rings. The fourth-order valence-corrected chi connectivity index (χ4v) is 4.80. The zero-order valence-electron chi connectivity index (χ0n) is 19.6. The van der Waals surface area contributed by atoms with Gasteiger partial charge in [0.2, 0.25) is 5.91 Å². The normalized spacial score (nSPS) is 17.3. The first-order valence-electron chi connectivity index (χ1n) is 11.5. The number of furan rings is 1. The molecule has 0 aliphatic carbocycles. The molecule has 4 amide bonds. The van der Waals surface area contributed by atoms with E-state index in [9.17, 15) is 14.4 Å². The molecule has 2 N–H and O–H groups in total. The van der Waals surface area contributed by atoms with Crippen LogP contribution in [-0.2, 0) is 4.79 Å². The number of anilines is 1. The SMILES string of the molecule is Cc1cc(C)c(NC(=O)N2CCC3(CCN(C(=O)CNC(=O)c4ccco4)CC3)C2)cc1C. The van der Waals surface area contributed by atoms with Crippen LogP contribution in [-0.4, -0.2) is 60.4 Å². The number of aryl methyl sites for hydroxylation is 3. The van der Waals surface area contributed by atoms with Crippen molar-refractivity contribution < 1.29 is 18.8 Å². The Bertz CT molecular complexity index is 1040. The maximum absolute atomic E-state index is 12.9. The van der Waals surface area contributed by atoms with Crippen molar-refractivity contribution in [3.8, 4) is 0 Å². The van der Waals surface area contributed by atoms with Crippen molar-refractivity contribution in [3.63, 3.8) is 0 Å². The van der Waals surface area contributed by atoms with Crippen LogP contribution in [0.3, 0.4) is 0 Å². The zero-order valence-corrected chi connectivity index (χ0v) is 19.6. The number of piperidine rings is 1. The summed E-state index contributed by atoms with van der Waals surface area (Å²) in [4.78, 5) is 41.1. The molecule has 33 heavy (non-hydrogen) atoms. The quantitative estimate of drug-likeness (QED) is 0.743. The van der Waals surface area contributed by atoms with Crippen LogP contribution >= 0.6 is 0 Å². The van der Waals surface area contributed by atoms with Crippen molar-refractivity contribution in [1.29, 1.82) is 0 Å². The Labute approximate surface area is 194 Å². The Morgan fingerprint density at radius 1 is 0.970 bits per heavy atom. The molecule has 1 spiro atoms. The van der Waals surface area contributed by atoms with Crippen LogP contribution in [0.2, 0.25) is 0 Å². The van der Waals surface area contributed by atoms with Gasteiger partial charge in [0.25, 0.3) is 5.91 Å². The average Bonchev–Trinajstić information content (AvgIpc) is 3.47. The third kappa shape index (κ3) is 5.05. The lowest BCUT2D eigenvalue weighted by molar-refractivity contribution is -0.132. The van der Waals surface area contributed by atoms with Crippen LogP contribution in [0.1, 0.15) is 46.5 Å². The third-order valence-corrected chi connectivity index (χ3v) is 7.13. The van der Waals surface area contributed by atoms with Crippen LogP contribution < -0.4 is 10.6 Å². The van der Waals surface area contributed by atoms with Gasteiger partial charge in [-0.3, -0.25) is 9.59 Å².